The fourth-order valence-electron chi connectivity index (χ4n) is 5.28. The Labute approximate surface area is 203 Å². The molecule has 0 unspecified atom stereocenters. The van der Waals surface area contributed by atoms with Crippen molar-refractivity contribution >= 4 is 56.5 Å². The molecule has 0 aliphatic carbocycles. The molecule has 5 heteroatoms. The van der Waals surface area contributed by atoms with E-state index in [1.807, 2.05) is 36.4 Å². The minimum absolute atomic E-state index is 0.427. The van der Waals surface area contributed by atoms with Crippen LogP contribution >= 0.6 is 0 Å². The Bertz CT molecular complexity index is 1760. The standard InChI is InChI=1S/C30H25BO4/c1-29(2)30(3,4)35-31(34-29)21-13-9-17-25-28(21)27-19(12-8-16-24(27)33-25)18-11-7-15-23-26(18)20-10-5-6-14-22(20)32-23/h5-17H,1-4H3. The molecule has 7 rings (SSSR count). The predicted octanol–water partition coefficient (Wildman–Crippen LogP) is 7.45. The summed E-state index contributed by atoms with van der Waals surface area (Å²) in [5.41, 5.74) is 5.77. The highest BCUT2D eigenvalue weighted by atomic mass is 16.7. The van der Waals surface area contributed by atoms with Crippen molar-refractivity contribution in [1.29, 1.82) is 0 Å². The third-order valence-electron chi connectivity index (χ3n) is 7.75. The van der Waals surface area contributed by atoms with Gasteiger partial charge >= 0.3 is 7.12 Å². The Balaban J connectivity index is 1.55. The maximum atomic E-state index is 6.46. The highest BCUT2D eigenvalue weighted by Crippen LogP contribution is 2.43. The summed E-state index contributed by atoms with van der Waals surface area (Å²) >= 11 is 0. The molecule has 35 heavy (non-hydrogen) atoms. The molecule has 0 radical (unpaired) electrons. The van der Waals surface area contributed by atoms with E-state index in [1.54, 1.807) is 0 Å². The summed E-state index contributed by atoms with van der Waals surface area (Å²) in [6.45, 7) is 8.32. The number of hydrogen-bond donors (Lipinski definition) is 0. The summed E-state index contributed by atoms with van der Waals surface area (Å²) < 4.78 is 25.5. The topological polar surface area (TPSA) is 44.7 Å². The second kappa shape index (κ2) is 7.00. The summed E-state index contributed by atoms with van der Waals surface area (Å²) in [6.07, 6.45) is 0. The lowest BCUT2D eigenvalue weighted by atomic mass is 9.76. The van der Waals surface area contributed by atoms with E-state index in [0.29, 0.717) is 0 Å². The number of para-hydroxylation sites is 1. The fourth-order valence-corrected chi connectivity index (χ4v) is 5.28. The first-order valence-corrected chi connectivity index (χ1v) is 12.0. The normalized spacial score (nSPS) is 17.3. The lowest BCUT2D eigenvalue weighted by Crippen LogP contribution is -2.41. The molecule has 0 atom stereocenters. The molecule has 2 aromatic heterocycles. The molecule has 0 amide bonds. The summed E-state index contributed by atoms with van der Waals surface area (Å²) in [5, 5.41) is 4.30. The van der Waals surface area contributed by atoms with E-state index in [4.69, 9.17) is 18.1 Å². The summed E-state index contributed by atoms with van der Waals surface area (Å²) in [5.74, 6) is 0. The van der Waals surface area contributed by atoms with Crippen LogP contribution in [0.25, 0.3) is 55.0 Å². The van der Waals surface area contributed by atoms with Crippen molar-refractivity contribution in [3.05, 3.63) is 78.9 Å². The molecular weight excluding hydrogens is 435 g/mol. The molecule has 1 aliphatic rings. The molecule has 1 aliphatic heterocycles. The average molecular weight is 460 g/mol. The zero-order valence-corrected chi connectivity index (χ0v) is 20.2. The van der Waals surface area contributed by atoms with E-state index in [2.05, 4.69) is 70.2 Å². The predicted molar refractivity (Wildman–Crippen MR) is 142 cm³/mol. The van der Waals surface area contributed by atoms with Gasteiger partial charge in [0.25, 0.3) is 0 Å². The minimum Gasteiger partial charge on any atom is -0.456 e. The molecule has 0 spiro atoms. The van der Waals surface area contributed by atoms with Crippen molar-refractivity contribution in [2.24, 2.45) is 0 Å². The number of hydrogen-bond acceptors (Lipinski definition) is 4. The van der Waals surface area contributed by atoms with Gasteiger partial charge < -0.3 is 18.1 Å². The van der Waals surface area contributed by atoms with Crippen LogP contribution < -0.4 is 5.46 Å². The number of benzene rings is 4. The first-order chi connectivity index (χ1) is 16.8. The molecule has 0 N–H and O–H groups in total. The van der Waals surface area contributed by atoms with Crippen LogP contribution in [0.4, 0.5) is 0 Å². The van der Waals surface area contributed by atoms with Crippen LogP contribution in [-0.4, -0.2) is 18.3 Å². The summed E-state index contributed by atoms with van der Waals surface area (Å²) in [7, 11) is -0.483. The third kappa shape index (κ3) is 2.89. The Morgan fingerprint density at radius 1 is 0.514 bits per heavy atom. The molecular formula is C30H25BO4. The van der Waals surface area contributed by atoms with E-state index in [1.165, 1.54) is 0 Å². The largest absolute Gasteiger partial charge is 0.495 e. The van der Waals surface area contributed by atoms with Gasteiger partial charge in [-0.2, -0.15) is 0 Å². The second-order valence-electron chi connectivity index (χ2n) is 10.4. The van der Waals surface area contributed by atoms with Gasteiger partial charge in [-0.3, -0.25) is 0 Å². The van der Waals surface area contributed by atoms with E-state index in [9.17, 15) is 0 Å². The molecule has 172 valence electrons. The Morgan fingerprint density at radius 2 is 1.03 bits per heavy atom. The van der Waals surface area contributed by atoms with Gasteiger partial charge in [-0.05, 0) is 68.6 Å². The Kier molecular flexibility index (Phi) is 4.16. The molecule has 3 heterocycles. The molecule has 0 saturated carbocycles. The van der Waals surface area contributed by atoms with Gasteiger partial charge in [-0.25, -0.2) is 0 Å². The smallest absolute Gasteiger partial charge is 0.456 e. The highest BCUT2D eigenvalue weighted by molar-refractivity contribution is 6.66. The van der Waals surface area contributed by atoms with Gasteiger partial charge in [0.1, 0.15) is 22.3 Å². The van der Waals surface area contributed by atoms with Gasteiger partial charge in [0.2, 0.25) is 0 Å². The first-order valence-electron chi connectivity index (χ1n) is 12.0. The van der Waals surface area contributed by atoms with Crippen LogP contribution in [0.3, 0.4) is 0 Å². The van der Waals surface area contributed by atoms with Crippen LogP contribution in [0, 0.1) is 0 Å². The van der Waals surface area contributed by atoms with Crippen molar-refractivity contribution in [3.8, 4) is 11.1 Å². The fraction of sp³-hybridized carbons (Fsp3) is 0.200. The lowest BCUT2D eigenvalue weighted by molar-refractivity contribution is 0.00578. The summed E-state index contributed by atoms with van der Waals surface area (Å²) in [6, 6.07) is 26.8. The van der Waals surface area contributed by atoms with Gasteiger partial charge in [0.15, 0.2) is 0 Å². The van der Waals surface area contributed by atoms with Crippen LogP contribution in [0.2, 0.25) is 0 Å². The second-order valence-corrected chi connectivity index (χ2v) is 10.4. The quantitative estimate of drug-likeness (QED) is 0.252. The molecule has 0 bridgehead atoms. The Hall–Kier alpha value is -3.54. The van der Waals surface area contributed by atoms with Gasteiger partial charge in [0.05, 0.1) is 11.2 Å². The highest BCUT2D eigenvalue weighted by Gasteiger charge is 2.52. The van der Waals surface area contributed by atoms with E-state index >= 15 is 0 Å². The molecule has 4 aromatic carbocycles. The van der Waals surface area contributed by atoms with E-state index < -0.39 is 18.3 Å². The van der Waals surface area contributed by atoms with Gasteiger partial charge in [-0.15, -0.1) is 0 Å². The third-order valence-corrected chi connectivity index (χ3v) is 7.75. The molecule has 4 nitrogen and oxygen atoms in total. The minimum atomic E-state index is -0.483. The van der Waals surface area contributed by atoms with Crippen molar-refractivity contribution in [2.75, 3.05) is 0 Å². The van der Waals surface area contributed by atoms with Gasteiger partial charge in [-0.1, -0.05) is 54.6 Å². The zero-order chi connectivity index (χ0) is 23.9. The van der Waals surface area contributed by atoms with Crippen molar-refractivity contribution in [1.82, 2.24) is 0 Å². The molecule has 1 saturated heterocycles. The number of furan rings is 2. The summed E-state index contributed by atoms with van der Waals surface area (Å²) in [4.78, 5) is 0. The van der Waals surface area contributed by atoms with Crippen molar-refractivity contribution < 1.29 is 18.1 Å². The number of fused-ring (bicyclic) bond motifs is 6. The zero-order valence-electron chi connectivity index (χ0n) is 20.2. The van der Waals surface area contributed by atoms with Crippen LogP contribution in [0.15, 0.2) is 87.7 Å². The Morgan fingerprint density at radius 3 is 1.74 bits per heavy atom. The average Bonchev–Trinajstić information content (AvgIpc) is 3.47. The van der Waals surface area contributed by atoms with Crippen molar-refractivity contribution in [3.63, 3.8) is 0 Å². The molecule has 6 aromatic rings. The maximum Gasteiger partial charge on any atom is 0.495 e. The van der Waals surface area contributed by atoms with E-state index in [0.717, 1.165) is 60.5 Å². The SMILES string of the molecule is CC1(C)OB(c2cccc3oc4cccc(-c5cccc6oc7ccccc7c56)c4c23)OC1(C)C. The molecule has 1 fully saturated rings. The first kappa shape index (κ1) is 20.8. The van der Waals surface area contributed by atoms with Crippen LogP contribution in [0.5, 0.6) is 0 Å². The monoisotopic (exact) mass is 460 g/mol. The maximum absolute atomic E-state index is 6.46. The van der Waals surface area contributed by atoms with Crippen molar-refractivity contribution in [2.45, 2.75) is 38.9 Å². The lowest BCUT2D eigenvalue weighted by Gasteiger charge is -2.32. The number of rotatable bonds is 2. The van der Waals surface area contributed by atoms with E-state index in [-0.39, 0.29) is 0 Å². The van der Waals surface area contributed by atoms with Crippen LogP contribution in [0.1, 0.15) is 27.7 Å². The van der Waals surface area contributed by atoms with Crippen LogP contribution in [-0.2, 0) is 9.31 Å². The van der Waals surface area contributed by atoms with Gasteiger partial charge in [0, 0.05) is 21.5 Å².